The predicted molar refractivity (Wildman–Crippen MR) is 70.9 cm³/mol. The second kappa shape index (κ2) is 5.80. The molecule has 1 N–H and O–H groups in total. The number of benzene rings is 1. The molecule has 0 radical (unpaired) electrons. The van der Waals surface area contributed by atoms with Crippen LogP contribution in [-0.2, 0) is 6.54 Å². The van der Waals surface area contributed by atoms with E-state index in [4.69, 9.17) is 11.6 Å². The molecule has 0 saturated carbocycles. The Balaban J connectivity index is 1.96. The number of halogens is 1. The van der Waals surface area contributed by atoms with Crippen LogP contribution in [0.3, 0.4) is 0 Å². The summed E-state index contributed by atoms with van der Waals surface area (Å²) >= 11 is 5.97. The highest BCUT2D eigenvalue weighted by Gasteiger charge is 2.05. The smallest absolute Gasteiger partial charge is 0.0541 e. The highest BCUT2D eigenvalue weighted by molar-refractivity contribution is 6.30. The zero-order valence-electron chi connectivity index (χ0n) is 9.73. The molecule has 0 fully saturated rings. The SMILES string of the molecule is C[C@H](NCc1ccccn1)c1cccc(Cl)c1. The van der Waals surface area contributed by atoms with Crippen LogP contribution in [0.5, 0.6) is 0 Å². The number of aromatic nitrogens is 1. The van der Waals surface area contributed by atoms with E-state index in [1.165, 1.54) is 5.56 Å². The van der Waals surface area contributed by atoms with Crippen molar-refractivity contribution >= 4 is 11.6 Å². The summed E-state index contributed by atoms with van der Waals surface area (Å²) in [4.78, 5) is 4.27. The molecule has 1 atom stereocenters. The van der Waals surface area contributed by atoms with Crippen LogP contribution >= 0.6 is 11.6 Å². The standard InChI is InChI=1S/C14H15ClN2/c1-11(12-5-4-6-13(15)9-12)17-10-14-7-2-3-8-16-14/h2-9,11,17H,10H2,1H3/t11-/m0/s1. The number of rotatable bonds is 4. The molecule has 3 heteroatoms. The van der Waals surface area contributed by atoms with Gasteiger partial charge in [-0.05, 0) is 36.8 Å². The Hall–Kier alpha value is -1.38. The normalized spacial score (nSPS) is 12.4. The third-order valence-corrected chi connectivity index (χ3v) is 2.90. The van der Waals surface area contributed by atoms with Gasteiger partial charge >= 0.3 is 0 Å². The van der Waals surface area contributed by atoms with Crippen LogP contribution in [0.2, 0.25) is 5.02 Å². The van der Waals surface area contributed by atoms with Gasteiger partial charge in [-0.25, -0.2) is 0 Å². The lowest BCUT2D eigenvalue weighted by Crippen LogP contribution is -2.18. The molecule has 2 nitrogen and oxygen atoms in total. The fourth-order valence-electron chi connectivity index (χ4n) is 1.65. The lowest BCUT2D eigenvalue weighted by atomic mass is 10.1. The molecular formula is C14H15ClN2. The first-order valence-electron chi connectivity index (χ1n) is 5.64. The minimum absolute atomic E-state index is 0.260. The van der Waals surface area contributed by atoms with Gasteiger partial charge in [0.1, 0.15) is 0 Å². The summed E-state index contributed by atoms with van der Waals surface area (Å²) in [6.07, 6.45) is 1.81. The Labute approximate surface area is 107 Å². The molecule has 17 heavy (non-hydrogen) atoms. The lowest BCUT2D eigenvalue weighted by molar-refractivity contribution is 0.568. The van der Waals surface area contributed by atoms with Gasteiger partial charge in [0.05, 0.1) is 5.69 Å². The monoisotopic (exact) mass is 246 g/mol. The molecule has 2 aromatic rings. The highest BCUT2D eigenvalue weighted by Crippen LogP contribution is 2.17. The fourth-order valence-corrected chi connectivity index (χ4v) is 1.85. The number of hydrogen-bond donors (Lipinski definition) is 1. The molecule has 0 bridgehead atoms. The van der Waals surface area contributed by atoms with Crippen molar-refractivity contribution < 1.29 is 0 Å². The van der Waals surface area contributed by atoms with Gasteiger partial charge in [0.15, 0.2) is 0 Å². The largest absolute Gasteiger partial charge is 0.305 e. The van der Waals surface area contributed by atoms with Crippen molar-refractivity contribution in [2.75, 3.05) is 0 Å². The maximum atomic E-state index is 5.97. The van der Waals surface area contributed by atoms with Crippen molar-refractivity contribution in [3.8, 4) is 0 Å². The first-order chi connectivity index (χ1) is 8.25. The molecule has 0 unspecified atom stereocenters. The van der Waals surface area contributed by atoms with E-state index in [2.05, 4.69) is 23.3 Å². The Kier molecular flexibility index (Phi) is 4.13. The first-order valence-corrected chi connectivity index (χ1v) is 6.02. The quantitative estimate of drug-likeness (QED) is 0.892. The summed E-state index contributed by atoms with van der Waals surface area (Å²) in [6.45, 7) is 2.88. The average Bonchev–Trinajstić information content (AvgIpc) is 2.37. The fraction of sp³-hybridized carbons (Fsp3) is 0.214. The van der Waals surface area contributed by atoms with Gasteiger partial charge in [-0.2, -0.15) is 0 Å². The number of nitrogens with one attached hydrogen (secondary N) is 1. The molecule has 88 valence electrons. The molecule has 0 aliphatic carbocycles. The molecule has 0 amide bonds. The third kappa shape index (κ3) is 3.55. The minimum Gasteiger partial charge on any atom is -0.305 e. The van der Waals surface area contributed by atoms with E-state index in [1.54, 1.807) is 6.20 Å². The summed E-state index contributed by atoms with van der Waals surface area (Å²) in [7, 11) is 0. The molecule has 1 heterocycles. The van der Waals surface area contributed by atoms with E-state index in [-0.39, 0.29) is 6.04 Å². The molecule has 0 spiro atoms. The van der Waals surface area contributed by atoms with Crippen LogP contribution in [0.4, 0.5) is 0 Å². The number of hydrogen-bond acceptors (Lipinski definition) is 2. The maximum Gasteiger partial charge on any atom is 0.0541 e. The number of nitrogens with zero attached hydrogens (tertiary/aromatic N) is 1. The van der Waals surface area contributed by atoms with Crippen molar-refractivity contribution in [1.82, 2.24) is 10.3 Å². The molecule has 0 aliphatic rings. The van der Waals surface area contributed by atoms with E-state index in [0.717, 1.165) is 17.3 Å². The van der Waals surface area contributed by atoms with Crippen LogP contribution < -0.4 is 5.32 Å². The molecular weight excluding hydrogens is 232 g/mol. The first kappa shape index (κ1) is 12.1. The molecule has 1 aromatic carbocycles. The Bertz CT molecular complexity index is 471. The van der Waals surface area contributed by atoms with Crippen LogP contribution in [0.1, 0.15) is 24.2 Å². The zero-order valence-corrected chi connectivity index (χ0v) is 10.5. The Morgan fingerprint density at radius 2 is 2.12 bits per heavy atom. The van der Waals surface area contributed by atoms with Crippen molar-refractivity contribution in [1.29, 1.82) is 0 Å². The second-order valence-electron chi connectivity index (χ2n) is 3.98. The predicted octanol–water partition coefficient (Wildman–Crippen LogP) is 3.59. The van der Waals surface area contributed by atoms with E-state index >= 15 is 0 Å². The molecule has 1 aromatic heterocycles. The summed E-state index contributed by atoms with van der Waals surface area (Å²) in [5.74, 6) is 0. The van der Waals surface area contributed by atoms with Gasteiger partial charge in [-0.15, -0.1) is 0 Å². The van der Waals surface area contributed by atoms with Crippen molar-refractivity contribution in [3.05, 3.63) is 64.9 Å². The topological polar surface area (TPSA) is 24.9 Å². The second-order valence-corrected chi connectivity index (χ2v) is 4.42. The van der Waals surface area contributed by atoms with E-state index in [0.29, 0.717) is 0 Å². The molecule has 2 rings (SSSR count). The van der Waals surface area contributed by atoms with Gasteiger partial charge in [0, 0.05) is 23.8 Å². The van der Waals surface area contributed by atoms with E-state index in [1.807, 2.05) is 36.4 Å². The maximum absolute atomic E-state index is 5.97. The van der Waals surface area contributed by atoms with Crippen LogP contribution in [0, 0.1) is 0 Å². The molecule has 0 saturated heterocycles. The lowest BCUT2D eigenvalue weighted by Gasteiger charge is -2.14. The van der Waals surface area contributed by atoms with Crippen LogP contribution in [0.25, 0.3) is 0 Å². The number of pyridine rings is 1. The van der Waals surface area contributed by atoms with E-state index < -0.39 is 0 Å². The van der Waals surface area contributed by atoms with Gasteiger partial charge in [-0.3, -0.25) is 4.98 Å². The average molecular weight is 247 g/mol. The van der Waals surface area contributed by atoms with Gasteiger partial charge in [0.25, 0.3) is 0 Å². The minimum atomic E-state index is 0.260. The van der Waals surface area contributed by atoms with Crippen molar-refractivity contribution in [3.63, 3.8) is 0 Å². The van der Waals surface area contributed by atoms with Crippen LogP contribution in [-0.4, -0.2) is 4.98 Å². The summed E-state index contributed by atoms with van der Waals surface area (Å²) in [5, 5.41) is 4.19. The third-order valence-electron chi connectivity index (χ3n) is 2.66. The van der Waals surface area contributed by atoms with Gasteiger partial charge in [0.2, 0.25) is 0 Å². The highest BCUT2D eigenvalue weighted by atomic mass is 35.5. The summed E-state index contributed by atoms with van der Waals surface area (Å²) in [6, 6.07) is 14.1. The summed E-state index contributed by atoms with van der Waals surface area (Å²) < 4.78 is 0. The Morgan fingerprint density at radius 1 is 1.24 bits per heavy atom. The Morgan fingerprint density at radius 3 is 2.82 bits per heavy atom. The zero-order chi connectivity index (χ0) is 12.1. The van der Waals surface area contributed by atoms with Crippen LogP contribution in [0.15, 0.2) is 48.7 Å². The van der Waals surface area contributed by atoms with Crippen molar-refractivity contribution in [2.45, 2.75) is 19.5 Å². The molecule has 0 aliphatic heterocycles. The van der Waals surface area contributed by atoms with Gasteiger partial charge < -0.3 is 5.32 Å². The van der Waals surface area contributed by atoms with Gasteiger partial charge in [-0.1, -0.05) is 29.8 Å². The van der Waals surface area contributed by atoms with E-state index in [9.17, 15) is 0 Å². The summed E-state index contributed by atoms with van der Waals surface area (Å²) in [5.41, 5.74) is 2.23. The van der Waals surface area contributed by atoms with Crippen molar-refractivity contribution in [2.24, 2.45) is 0 Å².